The summed E-state index contributed by atoms with van der Waals surface area (Å²) in [7, 11) is 0. The van der Waals surface area contributed by atoms with Crippen LogP contribution in [-0.2, 0) is 6.54 Å². The van der Waals surface area contributed by atoms with Crippen molar-refractivity contribution in [3.63, 3.8) is 0 Å². The van der Waals surface area contributed by atoms with Crippen LogP contribution >= 0.6 is 0 Å². The third-order valence-corrected chi connectivity index (χ3v) is 1.61. The fourth-order valence-corrected chi connectivity index (χ4v) is 0.944. The van der Waals surface area contributed by atoms with Crippen molar-refractivity contribution in [3.8, 4) is 0 Å². The van der Waals surface area contributed by atoms with E-state index in [-0.39, 0.29) is 24.4 Å². The number of nitrogens with zero attached hydrogens (tertiary/aromatic N) is 2. The first-order valence-corrected chi connectivity index (χ1v) is 4.07. The standard InChI is InChI=1S/C8H10N2O4/c11-5-1-4-10-7(12)3-2-6(9-10)8(13)14/h2-3,11H,1,4-5H2,(H,13,14). The van der Waals surface area contributed by atoms with Gasteiger partial charge >= 0.3 is 5.97 Å². The molecule has 0 radical (unpaired) electrons. The third kappa shape index (κ3) is 2.40. The Morgan fingerprint density at radius 2 is 2.21 bits per heavy atom. The molecule has 14 heavy (non-hydrogen) atoms. The highest BCUT2D eigenvalue weighted by Crippen LogP contribution is 1.91. The number of aliphatic hydroxyl groups excluding tert-OH is 1. The zero-order valence-corrected chi connectivity index (χ0v) is 7.38. The number of aryl methyl sites for hydroxylation is 1. The highest BCUT2D eigenvalue weighted by molar-refractivity contribution is 5.84. The summed E-state index contributed by atoms with van der Waals surface area (Å²) in [6, 6.07) is 2.30. The van der Waals surface area contributed by atoms with Gasteiger partial charge in [-0.15, -0.1) is 0 Å². The minimum absolute atomic E-state index is 0.0641. The maximum atomic E-state index is 11.1. The van der Waals surface area contributed by atoms with Gasteiger partial charge in [-0.05, 0) is 12.5 Å². The SMILES string of the molecule is O=C(O)c1ccc(=O)n(CCCO)n1. The van der Waals surface area contributed by atoms with Gasteiger partial charge in [0.15, 0.2) is 5.69 Å². The number of aromatic carboxylic acids is 1. The Morgan fingerprint density at radius 1 is 1.50 bits per heavy atom. The highest BCUT2D eigenvalue weighted by Gasteiger charge is 2.06. The van der Waals surface area contributed by atoms with E-state index in [0.717, 1.165) is 16.8 Å². The summed E-state index contributed by atoms with van der Waals surface area (Å²) in [5.41, 5.74) is -0.550. The van der Waals surface area contributed by atoms with E-state index in [4.69, 9.17) is 10.2 Å². The molecule has 2 N–H and O–H groups in total. The smallest absolute Gasteiger partial charge is 0.356 e. The highest BCUT2D eigenvalue weighted by atomic mass is 16.4. The van der Waals surface area contributed by atoms with E-state index < -0.39 is 5.97 Å². The molecule has 0 saturated heterocycles. The molecule has 6 nitrogen and oxygen atoms in total. The molecule has 0 aliphatic carbocycles. The number of rotatable bonds is 4. The largest absolute Gasteiger partial charge is 0.476 e. The van der Waals surface area contributed by atoms with Gasteiger partial charge in [0.05, 0.1) is 0 Å². The number of carboxylic acids is 1. The molecule has 0 aliphatic rings. The number of carbonyl (C=O) groups is 1. The summed E-state index contributed by atoms with van der Waals surface area (Å²) in [5, 5.41) is 20.7. The normalized spacial score (nSPS) is 10.1. The van der Waals surface area contributed by atoms with E-state index in [2.05, 4.69) is 5.10 Å². The van der Waals surface area contributed by atoms with Gasteiger partial charge in [0.1, 0.15) is 0 Å². The van der Waals surface area contributed by atoms with Crippen molar-refractivity contribution < 1.29 is 15.0 Å². The van der Waals surface area contributed by atoms with Crippen molar-refractivity contribution in [3.05, 3.63) is 28.2 Å². The Labute approximate surface area is 79.4 Å². The molecular weight excluding hydrogens is 188 g/mol. The minimum Gasteiger partial charge on any atom is -0.476 e. The van der Waals surface area contributed by atoms with E-state index in [1.165, 1.54) is 0 Å². The summed E-state index contributed by atoms with van der Waals surface area (Å²) < 4.78 is 1.03. The number of aliphatic hydroxyl groups is 1. The van der Waals surface area contributed by atoms with Crippen LogP contribution in [0.5, 0.6) is 0 Å². The van der Waals surface area contributed by atoms with Gasteiger partial charge in [0, 0.05) is 19.2 Å². The number of hydrogen-bond donors (Lipinski definition) is 2. The van der Waals surface area contributed by atoms with E-state index in [1.807, 2.05) is 0 Å². The molecule has 0 bridgehead atoms. The van der Waals surface area contributed by atoms with Crippen molar-refractivity contribution in [2.24, 2.45) is 0 Å². The Bertz CT molecular complexity index is 385. The zero-order valence-electron chi connectivity index (χ0n) is 7.38. The number of carboxylic acid groups (broad SMARTS) is 1. The van der Waals surface area contributed by atoms with Crippen LogP contribution in [0.4, 0.5) is 0 Å². The Morgan fingerprint density at radius 3 is 2.79 bits per heavy atom. The Kier molecular flexibility index (Phi) is 3.35. The molecule has 0 aliphatic heterocycles. The van der Waals surface area contributed by atoms with Crippen LogP contribution in [0.15, 0.2) is 16.9 Å². The predicted molar refractivity (Wildman–Crippen MR) is 47.2 cm³/mol. The lowest BCUT2D eigenvalue weighted by Gasteiger charge is -2.02. The lowest BCUT2D eigenvalue weighted by atomic mass is 10.4. The number of aromatic nitrogens is 2. The molecule has 0 saturated carbocycles. The first-order valence-electron chi connectivity index (χ1n) is 4.07. The quantitative estimate of drug-likeness (QED) is 0.669. The summed E-state index contributed by atoms with van der Waals surface area (Å²) >= 11 is 0. The predicted octanol–water partition coefficient (Wildman–Crippen LogP) is -0.676. The van der Waals surface area contributed by atoms with Crippen LogP contribution in [0, 0.1) is 0 Å². The van der Waals surface area contributed by atoms with Crippen molar-refractivity contribution >= 4 is 5.97 Å². The molecule has 1 aromatic heterocycles. The molecule has 6 heteroatoms. The fourth-order valence-electron chi connectivity index (χ4n) is 0.944. The maximum Gasteiger partial charge on any atom is 0.356 e. The van der Waals surface area contributed by atoms with Gasteiger partial charge < -0.3 is 10.2 Å². The lowest BCUT2D eigenvalue weighted by Crippen LogP contribution is -2.24. The molecule has 1 heterocycles. The zero-order chi connectivity index (χ0) is 10.6. The molecule has 0 amide bonds. The van der Waals surface area contributed by atoms with Crippen LogP contribution in [0.2, 0.25) is 0 Å². The van der Waals surface area contributed by atoms with Crippen molar-refractivity contribution in [1.82, 2.24) is 9.78 Å². The van der Waals surface area contributed by atoms with E-state index in [9.17, 15) is 9.59 Å². The molecule has 1 aromatic rings. The molecule has 0 atom stereocenters. The first kappa shape index (κ1) is 10.4. The lowest BCUT2D eigenvalue weighted by molar-refractivity contribution is 0.0687. The van der Waals surface area contributed by atoms with Gasteiger partial charge in [-0.3, -0.25) is 4.79 Å². The van der Waals surface area contributed by atoms with Gasteiger partial charge in [0.2, 0.25) is 0 Å². The second kappa shape index (κ2) is 4.52. The third-order valence-electron chi connectivity index (χ3n) is 1.61. The molecular formula is C8H10N2O4. The van der Waals surface area contributed by atoms with Gasteiger partial charge in [-0.25, -0.2) is 9.48 Å². The van der Waals surface area contributed by atoms with Gasteiger partial charge in [-0.2, -0.15) is 5.10 Å². The van der Waals surface area contributed by atoms with Gasteiger partial charge in [0.25, 0.3) is 5.56 Å². The van der Waals surface area contributed by atoms with E-state index in [0.29, 0.717) is 6.42 Å². The molecule has 1 rings (SSSR count). The first-order chi connectivity index (χ1) is 6.65. The van der Waals surface area contributed by atoms with Crippen LogP contribution in [0.25, 0.3) is 0 Å². The Hall–Kier alpha value is -1.69. The topological polar surface area (TPSA) is 92.4 Å². The summed E-state index contributed by atoms with van der Waals surface area (Å²) in [6.07, 6.45) is 0.371. The van der Waals surface area contributed by atoms with Crippen LogP contribution in [0.3, 0.4) is 0 Å². The summed E-state index contributed by atoms with van der Waals surface area (Å²) in [4.78, 5) is 21.6. The van der Waals surface area contributed by atoms with Crippen molar-refractivity contribution in [2.75, 3.05) is 6.61 Å². The van der Waals surface area contributed by atoms with E-state index >= 15 is 0 Å². The molecule has 0 spiro atoms. The van der Waals surface area contributed by atoms with E-state index in [1.54, 1.807) is 0 Å². The average Bonchev–Trinajstić information content (AvgIpc) is 2.16. The molecule has 0 unspecified atom stereocenters. The maximum absolute atomic E-state index is 11.1. The average molecular weight is 198 g/mol. The molecule has 76 valence electrons. The second-order valence-corrected chi connectivity index (χ2v) is 2.66. The van der Waals surface area contributed by atoms with Crippen LogP contribution in [0.1, 0.15) is 16.9 Å². The summed E-state index contributed by atoms with van der Waals surface area (Å²) in [5.74, 6) is -1.18. The molecule has 0 fully saturated rings. The van der Waals surface area contributed by atoms with Gasteiger partial charge in [-0.1, -0.05) is 0 Å². The summed E-state index contributed by atoms with van der Waals surface area (Å²) in [6.45, 7) is 0.155. The van der Waals surface area contributed by atoms with Crippen LogP contribution in [-0.4, -0.2) is 32.6 Å². The number of hydrogen-bond acceptors (Lipinski definition) is 4. The van der Waals surface area contributed by atoms with Crippen molar-refractivity contribution in [2.45, 2.75) is 13.0 Å². The fraction of sp³-hybridized carbons (Fsp3) is 0.375. The second-order valence-electron chi connectivity index (χ2n) is 2.66. The Balaban J connectivity index is 2.96. The monoisotopic (exact) mass is 198 g/mol. The minimum atomic E-state index is -1.18. The van der Waals surface area contributed by atoms with Crippen LogP contribution < -0.4 is 5.56 Å². The molecule has 0 aromatic carbocycles. The van der Waals surface area contributed by atoms with Crippen molar-refractivity contribution in [1.29, 1.82) is 0 Å².